The van der Waals surface area contributed by atoms with Gasteiger partial charge in [0.25, 0.3) is 0 Å². The van der Waals surface area contributed by atoms with Crippen molar-refractivity contribution in [1.29, 1.82) is 0 Å². The lowest BCUT2D eigenvalue weighted by atomic mass is 10.2. The molecule has 0 unspecified atom stereocenters. The molecule has 1 saturated heterocycles. The Balaban J connectivity index is 1.50. The first-order chi connectivity index (χ1) is 11.2. The molecule has 124 valence electrons. The maximum Gasteiger partial charge on any atom is 0.315 e. The van der Waals surface area contributed by atoms with E-state index < -0.39 is 0 Å². The number of carbonyl (C=O) groups is 1. The Labute approximate surface area is 139 Å². The molecule has 23 heavy (non-hydrogen) atoms. The van der Waals surface area contributed by atoms with Crippen LogP contribution in [0.4, 0.5) is 4.79 Å². The lowest BCUT2D eigenvalue weighted by molar-refractivity contribution is 0.203. The van der Waals surface area contributed by atoms with E-state index in [1.165, 1.54) is 12.8 Å². The zero-order valence-electron chi connectivity index (χ0n) is 13.2. The van der Waals surface area contributed by atoms with Gasteiger partial charge in [-0.15, -0.1) is 11.3 Å². The van der Waals surface area contributed by atoms with Crippen LogP contribution in [0.1, 0.15) is 35.3 Å². The second kappa shape index (κ2) is 7.61. The van der Waals surface area contributed by atoms with Crippen LogP contribution in [-0.4, -0.2) is 35.5 Å². The molecule has 2 amide bonds. The summed E-state index contributed by atoms with van der Waals surface area (Å²) < 4.78 is 5.55. The number of nitrogens with zero attached hydrogens (tertiary/aromatic N) is 2. The van der Waals surface area contributed by atoms with Crippen molar-refractivity contribution in [3.63, 3.8) is 0 Å². The number of aromatic nitrogens is 1. The Morgan fingerprint density at radius 1 is 1.43 bits per heavy atom. The summed E-state index contributed by atoms with van der Waals surface area (Å²) in [6.07, 6.45) is 4.09. The predicted octanol–water partition coefficient (Wildman–Crippen LogP) is 2.68. The van der Waals surface area contributed by atoms with Crippen LogP contribution in [0.3, 0.4) is 0 Å². The number of hydrogen-bond donors (Lipinski definition) is 2. The van der Waals surface area contributed by atoms with Gasteiger partial charge in [0.05, 0.1) is 29.6 Å². The van der Waals surface area contributed by atoms with Crippen molar-refractivity contribution in [2.75, 3.05) is 19.6 Å². The van der Waals surface area contributed by atoms with Gasteiger partial charge in [0.2, 0.25) is 0 Å². The normalized spacial score (nSPS) is 16.4. The zero-order chi connectivity index (χ0) is 16.1. The van der Waals surface area contributed by atoms with Crippen molar-refractivity contribution in [3.8, 4) is 0 Å². The maximum absolute atomic E-state index is 12.0. The van der Waals surface area contributed by atoms with Crippen LogP contribution in [0.5, 0.6) is 0 Å². The molecule has 1 atom stereocenters. The fourth-order valence-corrected chi connectivity index (χ4v) is 3.47. The van der Waals surface area contributed by atoms with Gasteiger partial charge in [-0.1, -0.05) is 0 Å². The lowest BCUT2D eigenvalue weighted by Gasteiger charge is -2.26. The summed E-state index contributed by atoms with van der Waals surface area (Å²) in [6, 6.07) is 3.79. The van der Waals surface area contributed by atoms with E-state index in [1.807, 2.05) is 24.4 Å². The summed E-state index contributed by atoms with van der Waals surface area (Å²) in [7, 11) is 0. The maximum atomic E-state index is 12.0. The van der Waals surface area contributed by atoms with Crippen molar-refractivity contribution in [2.45, 2.75) is 32.4 Å². The molecule has 1 aliphatic heterocycles. The van der Waals surface area contributed by atoms with Crippen LogP contribution in [-0.2, 0) is 6.54 Å². The first kappa shape index (κ1) is 16.0. The van der Waals surface area contributed by atoms with Crippen molar-refractivity contribution in [3.05, 3.63) is 40.2 Å². The number of rotatable bonds is 6. The Morgan fingerprint density at radius 2 is 2.26 bits per heavy atom. The molecule has 0 aliphatic carbocycles. The van der Waals surface area contributed by atoms with Crippen molar-refractivity contribution >= 4 is 17.4 Å². The predicted molar refractivity (Wildman–Crippen MR) is 89.3 cm³/mol. The van der Waals surface area contributed by atoms with Gasteiger partial charge in [-0.2, -0.15) is 0 Å². The van der Waals surface area contributed by atoms with E-state index in [0.29, 0.717) is 13.1 Å². The fraction of sp³-hybridized carbons (Fsp3) is 0.500. The van der Waals surface area contributed by atoms with E-state index in [1.54, 1.807) is 17.6 Å². The summed E-state index contributed by atoms with van der Waals surface area (Å²) in [5, 5.41) is 8.77. The zero-order valence-corrected chi connectivity index (χ0v) is 14.1. The van der Waals surface area contributed by atoms with E-state index in [2.05, 4.69) is 20.5 Å². The first-order valence-corrected chi connectivity index (χ1v) is 8.80. The van der Waals surface area contributed by atoms with E-state index in [4.69, 9.17) is 4.42 Å². The number of urea groups is 1. The molecule has 2 aromatic rings. The minimum atomic E-state index is -0.175. The molecule has 0 aromatic carbocycles. The largest absolute Gasteiger partial charge is 0.468 e. The van der Waals surface area contributed by atoms with Gasteiger partial charge in [0.1, 0.15) is 5.76 Å². The molecule has 1 aliphatic rings. The molecule has 1 fully saturated rings. The van der Waals surface area contributed by atoms with Crippen LogP contribution in [0.15, 0.2) is 28.2 Å². The molecule has 3 rings (SSSR count). The average molecular weight is 334 g/mol. The van der Waals surface area contributed by atoms with Crippen molar-refractivity contribution in [1.82, 2.24) is 20.5 Å². The van der Waals surface area contributed by atoms with Crippen LogP contribution in [0, 0.1) is 6.92 Å². The second-order valence-electron chi connectivity index (χ2n) is 5.70. The molecular weight excluding hydrogens is 312 g/mol. The highest BCUT2D eigenvalue weighted by Gasteiger charge is 2.25. The van der Waals surface area contributed by atoms with Crippen LogP contribution < -0.4 is 10.6 Å². The number of aryl methyl sites for hydroxylation is 1. The Morgan fingerprint density at radius 3 is 2.91 bits per heavy atom. The third-order valence-electron chi connectivity index (χ3n) is 4.01. The fourth-order valence-electron chi connectivity index (χ4n) is 2.86. The molecular formula is C16H22N4O2S. The minimum absolute atomic E-state index is 0.0970. The minimum Gasteiger partial charge on any atom is -0.468 e. The summed E-state index contributed by atoms with van der Waals surface area (Å²) >= 11 is 1.59. The SMILES string of the molecule is Cc1nc(CNC(=O)NC[C@@H](c2ccco2)N2CCCC2)cs1. The van der Waals surface area contributed by atoms with Gasteiger partial charge in [0.15, 0.2) is 0 Å². The van der Waals surface area contributed by atoms with Gasteiger partial charge in [-0.3, -0.25) is 4.90 Å². The quantitative estimate of drug-likeness (QED) is 0.852. The molecule has 6 nitrogen and oxygen atoms in total. The summed E-state index contributed by atoms with van der Waals surface area (Å²) in [5.74, 6) is 0.905. The Hall–Kier alpha value is -1.86. The number of furan rings is 1. The highest BCUT2D eigenvalue weighted by Crippen LogP contribution is 2.24. The molecule has 7 heteroatoms. The average Bonchev–Trinajstić information content (AvgIpc) is 3.28. The number of amides is 2. The second-order valence-corrected chi connectivity index (χ2v) is 6.76. The van der Waals surface area contributed by atoms with E-state index in [-0.39, 0.29) is 12.1 Å². The van der Waals surface area contributed by atoms with Gasteiger partial charge in [0, 0.05) is 11.9 Å². The number of thiazole rings is 1. The third-order valence-corrected chi connectivity index (χ3v) is 4.83. The van der Waals surface area contributed by atoms with Crippen LogP contribution >= 0.6 is 11.3 Å². The number of nitrogens with one attached hydrogen (secondary N) is 2. The molecule has 0 spiro atoms. The van der Waals surface area contributed by atoms with Gasteiger partial charge in [-0.25, -0.2) is 9.78 Å². The molecule has 0 radical (unpaired) electrons. The van der Waals surface area contributed by atoms with Crippen LogP contribution in [0.2, 0.25) is 0 Å². The standard InChI is InChI=1S/C16H22N4O2S/c1-12-19-13(11-23-12)9-17-16(21)18-10-14(15-5-4-8-22-15)20-6-2-3-7-20/h4-5,8,11,14H,2-3,6-7,9-10H2,1H3,(H2,17,18,21)/t14-/m0/s1. The Kier molecular flexibility index (Phi) is 5.30. The van der Waals surface area contributed by atoms with E-state index in [9.17, 15) is 4.79 Å². The lowest BCUT2D eigenvalue weighted by Crippen LogP contribution is -2.41. The highest BCUT2D eigenvalue weighted by atomic mass is 32.1. The van der Waals surface area contributed by atoms with E-state index in [0.717, 1.165) is 29.6 Å². The smallest absolute Gasteiger partial charge is 0.315 e. The number of carbonyl (C=O) groups excluding carboxylic acids is 1. The molecule has 2 N–H and O–H groups in total. The molecule has 3 heterocycles. The van der Waals surface area contributed by atoms with Crippen molar-refractivity contribution in [2.24, 2.45) is 0 Å². The van der Waals surface area contributed by atoms with E-state index >= 15 is 0 Å². The Bertz CT molecular complexity index is 620. The monoisotopic (exact) mass is 334 g/mol. The highest BCUT2D eigenvalue weighted by molar-refractivity contribution is 7.09. The van der Waals surface area contributed by atoms with Crippen LogP contribution in [0.25, 0.3) is 0 Å². The summed E-state index contributed by atoms with van der Waals surface area (Å²) in [4.78, 5) is 18.7. The molecule has 0 saturated carbocycles. The summed E-state index contributed by atoms with van der Waals surface area (Å²) in [5.41, 5.74) is 0.893. The topological polar surface area (TPSA) is 70.4 Å². The summed E-state index contributed by atoms with van der Waals surface area (Å²) in [6.45, 7) is 5.04. The van der Waals surface area contributed by atoms with Gasteiger partial charge >= 0.3 is 6.03 Å². The first-order valence-electron chi connectivity index (χ1n) is 7.92. The molecule has 2 aromatic heterocycles. The third kappa shape index (κ3) is 4.33. The van der Waals surface area contributed by atoms with Gasteiger partial charge < -0.3 is 15.1 Å². The molecule has 0 bridgehead atoms. The van der Waals surface area contributed by atoms with Gasteiger partial charge in [-0.05, 0) is 45.0 Å². The number of hydrogen-bond acceptors (Lipinski definition) is 5. The van der Waals surface area contributed by atoms with Crippen molar-refractivity contribution < 1.29 is 9.21 Å². The number of likely N-dealkylation sites (tertiary alicyclic amines) is 1.